The first-order chi connectivity index (χ1) is 11.1. The first-order valence-electron chi connectivity index (χ1n) is 7.56. The molecule has 0 fully saturated rings. The van der Waals surface area contributed by atoms with Crippen LogP contribution in [0.15, 0.2) is 53.0 Å². The van der Waals surface area contributed by atoms with E-state index in [1.807, 2.05) is 48.5 Å². The number of amides is 1. The van der Waals surface area contributed by atoms with Crippen molar-refractivity contribution in [2.75, 3.05) is 23.8 Å². The molecule has 0 atom stereocenters. The number of para-hydroxylation sites is 3. The van der Waals surface area contributed by atoms with Gasteiger partial charge in [-0.05, 0) is 46.1 Å². The van der Waals surface area contributed by atoms with E-state index in [9.17, 15) is 4.79 Å². The Morgan fingerprint density at radius 1 is 1.09 bits per heavy atom. The standard InChI is InChI=1S/C18H21BrN2O2/c1-13(2)12-23-17-10-6-5-9-16(17)21-18(22)11-20-15-8-4-3-7-14(15)19/h3-10,13,20H,11-12H2,1-2H3,(H,21,22). The Balaban J connectivity index is 1.94. The Morgan fingerprint density at radius 2 is 1.74 bits per heavy atom. The number of ether oxygens (including phenoxy) is 1. The van der Waals surface area contributed by atoms with Crippen LogP contribution >= 0.6 is 15.9 Å². The van der Waals surface area contributed by atoms with Gasteiger partial charge in [-0.3, -0.25) is 4.79 Å². The highest BCUT2D eigenvalue weighted by atomic mass is 79.9. The Kier molecular flexibility index (Phi) is 6.47. The van der Waals surface area contributed by atoms with Crippen LogP contribution in [0.5, 0.6) is 5.75 Å². The van der Waals surface area contributed by atoms with Gasteiger partial charge in [0.05, 0.1) is 18.8 Å². The van der Waals surface area contributed by atoms with Gasteiger partial charge in [-0.1, -0.05) is 38.1 Å². The van der Waals surface area contributed by atoms with Crippen molar-refractivity contribution in [3.05, 3.63) is 53.0 Å². The number of rotatable bonds is 7. The minimum Gasteiger partial charge on any atom is -0.491 e. The van der Waals surface area contributed by atoms with Crippen LogP contribution in [0.3, 0.4) is 0 Å². The molecule has 0 heterocycles. The van der Waals surface area contributed by atoms with E-state index in [0.717, 1.165) is 10.2 Å². The molecule has 2 aromatic carbocycles. The predicted octanol–water partition coefficient (Wildman–Crippen LogP) is 4.53. The normalized spacial score (nSPS) is 10.4. The summed E-state index contributed by atoms with van der Waals surface area (Å²) in [4.78, 5) is 12.1. The predicted molar refractivity (Wildman–Crippen MR) is 98.0 cm³/mol. The lowest BCUT2D eigenvalue weighted by Crippen LogP contribution is -2.22. The lowest BCUT2D eigenvalue weighted by Gasteiger charge is -2.14. The van der Waals surface area contributed by atoms with Crippen LogP contribution in [-0.2, 0) is 4.79 Å². The monoisotopic (exact) mass is 376 g/mol. The number of nitrogens with one attached hydrogen (secondary N) is 2. The summed E-state index contributed by atoms with van der Waals surface area (Å²) in [6, 6.07) is 15.2. The number of hydrogen-bond acceptors (Lipinski definition) is 3. The summed E-state index contributed by atoms with van der Waals surface area (Å²) in [5, 5.41) is 5.99. The van der Waals surface area contributed by atoms with E-state index < -0.39 is 0 Å². The number of anilines is 2. The van der Waals surface area contributed by atoms with E-state index >= 15 is 0 Å². The molecular formula is C18H21BrN2O2. The highest BCUT2D eigenvalue weighted by Crippen LogP contribution is 2.24. The van der Waals surface area contributed by atoms with Crippen LogP contribution in [0, 0.1) is 5.92 Å². The zero-order valence-electron chi connectivity index (χ0n) is 13.3. The molecule has 2 aromatic rings. The third kappa shape index (κ3) is 5.60. The first-order valence-corrected chi connectivity index (χ1v) is 8.35. The second-order valence-electron chi connectivity index (χ2n) is 5.58. The maximum Gasteiger partial charge on any atom is 0.243 e. The number of hydrogen-bond donors (Lipinski definition) is 2. The summed E-state index contributed by atoms with van der Waals surface area (Å²) < 4.78 is 6.66. The van der Waals surface area contributed by atoms with Crippen LogP contribution in [0.4, 0.5) is 11.4 Å². The molecule has 122 valence electrons. The molecular weight excluding hydrogens is 356 g/mol. The Labute approximate surface area is 145 Å². The van der Waals surface area contributed by atoms with Crippen molar-refractivity contribution in [2.45, 2.75) is 13.8 Å². The average Bonchev–Trinajstić information content (AvgIpc) is 2.53. The molecule has 0 bridgehead atoms. The molecule has 23 heavy (non-hydrogen) atoms. The molecule has 2 N–H and O–H groups in total. The Bertz CT molecular complexity index is 659. The maximum absolute atomic E-state index is 12.1. The fourth-order valence-corrected chi connectivity index (χ4v) is 2.35. The van der Waals surface area contributed by atoms with Gasteiger partial charge in [0.1, 0.15) is 5.75 Å². The van der Waals surface area contributed by atoms with Crippen LogP contribution in [0.1, 0.15) is 13.8 Å². The van der Waals surface area contributed by atoms with E-state index in [1.54, 1.807) is 0 Å². The van der Waals surface area contributed by atoms with Gasteiger partial charge in [-0.15, -0.1) is 0 Å². The number of halogens is 1. The molecule has 0 spiro atoms. The SMILES string of the molecule is CC(C)COc1ccccc1NC(=O)CNc1ccccc1Br. The van der Waals surface area contributed by atoms with E-state index in [4.69, 9.17) is 4.74 Å². The van der Waals surface area contributed by atoms with Crippen molar-refractivity contribution in [2.24, 2.45) is 5.92 Å². The summed E-state index contributed by atoms with van der Waals surface area (Å²) in [7, 11) is 0. The number of carbonyl (C=O) groups excluding carboxylic acids is 1. The molecule has 0 saturated carbocycles. The van der Waals surface area contributed by atoms with Gasteiger partial charge in [0.2, 0.25) is 5.91 Å². The molecule has 2 rings (SSSR count). The minimum absolute atomic E-state index is 0.124. The molecule has 0 saturated heterocycles. The van der Waals surface area contributed by atoms with Crippen molar-refractivity contribution in [1.29, 1.82) is 0 Å². The van der Waals surface area contributed by atoms with Crippen molar-refractivity contribution in [3.8, 4) is 5.75 Å². The molecule has 0 aromatic heterocycles. The largest absolute Gasteiger partial charge is 0.491 e. The topological polar surface area (TPSA) is 50.4 Å². The fraction of sp³-hybridized carbons (Fsp3) is 0.278. The van der Waals surface area contributed by atoms with Gasteiger partial charge in [0, 0.05) is 10.2 Å². The zero-order chi connectivity index (χ0) is 16.7. The smallest absolute Gasteiger partial charge is 0.243 e. The number of carbonyl (C=O) groups is 1. The number of benzene rings is 2. The van der Waals surface area contributed by atoms with Gasteiger partial charge in [-0.25, -0.2) is 0 Å². The molecule has 0 radical (unpaired) electrons. The summed E-state index contributed by atoms with van der Waals surface area (Å²) in [6.45, 7) is 4.97. The highest BCUT2D eigenvalue weighted by Gasteiger charge is 2.08. The van der Waals surface area contributed by atoms with E-state index in [-0.39, 0.29) is 12.5 Å². The van der Waals surface area contributed by atoms with Crippen molar-refractivity contribution in [1.82, 2.24) is 0 Å². The molecule has 5 heteroatoms. The van der Waals surface area contributed by atoms with Crippen molar-refractivity contribution < 1.29 is 9.53 Å². The summed E-state index contributed by atoms with van der Waals surface area (Å²) in [5.41, 5.74) is 1.57. The molecule has 4 nitrogen and oxygen atoms in total. The molecule has 0 aliphatic carbocycles. The van der Waals surface area contributed by atoms with Gasteiger partial charge < -0.3 is 15.4 Å². The first kappa shape index (κ1) is 17.3. The third-order valence-corrected chi connectivity index (χ3v) is 3.74. The second kappa shape index (κ2) is 8.58. The average molecular weight is 377 g/mol. The van der Waals surface area contributed by atoms with Gasteiger partial charge in [0.15, 0.2) is 0 Å². The van der Waals surface area contributed by atoms with Gasteiger partial charge in [0.25, 0.3) is 0 Å². The maximum atomic E-state index is 12.1. The van der Waals surface area contributed by atoms with Crippen LogP contribution < -0.4 is 15.4 Å². The second-order valence-corrected chi connectivity index (χ2v) is 6.44. The minimum atomic E-state index is -0.124. The summed E-state index contributed by atoms with van der Waals surface area (Å²) in [5.74, 6) is 0.993. The van der Waals surface area contributed by atoms with E-state index in [1.165, 1.54) is 0 Å². The van der Waals surface area contributed by atoms with Gasteiger partial charge in [-0.2, -0.15) is 0 Å². The summed E-state index contributed by atoms with van der Waals surface area (Å²) in [6.07, 6.45) is 0. The van der Waals surface area contributed by atoms with E-state index in [0.29, 0.717) is 24.0 Å². The molecule has 0 aliphatic heterocycles. The molecule has 0 unspecified atom stereocenters. The van der Waals surface area contributed by atoms with Crippen LogP contribution in [-0.4, -0.2) is 19.1 Å². The molecule has 1 amide bonds. The quantitative estimate of drug-likeness (QED) is 0.745. The lowest BCUT2D eigenvalue weighted by atomic mass is 10.2. The van der Waals surface area contributed by atoms with E-state index in [2.05, 4.69) is 40.4 Å². The fourth-order valence-electron chi connectivity index (χ4n) is 1.93. The van der Waals surface area contributed by atoms with Gasteiger partial charge >= 0.3 is 0 Å². The zero-order valence-corrected chi connectivity index (χ0v) is 14.9. The Hall–Kier alpha value is -2.01. The lowest BCUT2D eigenvalue weighted by molar-refractivity contribution is -0.114. The third-order valence-electron chi connectivity index (χ3n) is 3.05. The van der Waals surface area contributed by atoms with Crippen molar-refractivity contribution >= 4 is 33.2 Å². The van der Waals surface area contributed by atoms with Crippen LogP contribution in [0.2, 0.25) is 0 Å². The summed E-state index contributed by atoms with van der Waals surface area (Å²) >= 11 is 3.44. The molecule has 0 aliphatic rings. The Morgan fingerprint density at radius 3 is 2.43 bits per heavy atom. The highest BCUT2D eigenvalue weighted by molar-refractivity contribution is 9.10. The van der Waals surface area contributed by atoms with Crippen LogP contribution in [0.25, 0.3) is 0 Å². The van der Waals surface area contributed by atoms with Crippen molar-refractivity contribution in [3.63, 3.8) is 0 Å².